The molecule has 174 valence electrons. The van der Waals surface area contributed by atoms with Crippen LogP contribution in [0, 0.1) is 6.92 Å². The van der Waals surface area contributed by atoms with E-state index in [1.165, 1.54) is 31.3 Å². The molecule has 3 aromatic carbocycles. The molecule has 1 atom stereocenters. The lowest BCUT2D eigenvalue weighted by Gasteiger charge is -2.26. The number of anilines is 1. The van der Waals surface area contributed by atoms with Crippen LogP contribution in [-0.4, -0.2) is 36.1 Å². The van der Waals surface area contributed by atoms with Crippen molar-refractivity contribution < 1.29 is 29.3 Å². The summed E-state index contributed by atoms with van der Waals surface area (Å²) in [5, 5.41) is 22.1. The van der Waals surface area contributed by atoms with Crippen molar-refractivity contribution in [2.45, 2.75) is 13.0 Å². The number of ketones is 1. The molecule has 0 spiro atoms. The third-order valence-corrected chi connectivity index (χ3v) is 5.99. The van der Waals surface area contributed by atoms with E-state index in [0.29, 0.717) is 27.6 Å². The van der Waals surface area contributed by atoms with Crippen molar-refractivity contribution in [3.05, 3.63) is 87.9 Å². The molecule has 4 rings (SSSR count). The van der Waals surface area contributed by atoms with Crippen LogP contribution in [0.2, 0.25) is 5.02 Å². The van der Waals surface area contributed by atoms with E-state index < -0.39 is 17.7 Å². The van der Waals surface area contributed by atoms with Crippen molar-refractivity contribution in [1.29, 1.82) is 0 Å². The minimum atomic E-state index is -1.000. The number of phenolic OH excluding ortho intramolecular Hbond substituents is 1. The smallest absolute Gasteiger partial charge is 0.300 e. The third kappa shape index (κ3) is 3.95. The van der Waals surface area contributed by atoms with Crippen LogP contribution < -0.4 is 14.4 Å². The molecule has 3 aromatic rings. The number of halogens is 1. The molecule has 0 saturated carbocycles. The number of phenols is 1. The second-order valence-corrected chi connectivity index (χ2v) is 8.20. The zero-order chi connectivity index (χ0) is 24.6. The molecule has 0 bridgehead atoms. The lowest BCUT2D eigenvalue weighted by molar-refractivity contribution is -0.132. The number of nitrogens with zero attached hydrogens (tertiary/aromatic N) is 1. The summed E-state index contributed by atoms with van der Waals surface area (Å²) in [6.45, 7) is 1.81. The number of benzene rings is 3. The second-order valence-electron chi connectivity index (χ2n) is 7.76. The molecule has 0 radical (unpaired) electrons. The lowest BCUT2D eigenvalue weighted by Crippen LogP contribution is -2.29. The number of hydrogen-bond donors (Lipinski definition) is 2. The SMILES string of the molecule is COc1ccc(/C(O)=C2/C(=O)C(=O)N(c3ccc(Cl)cc3)C2c2ccc(OC)c(O)c2)cc1C. The first kappa shape index (κ1) is 23.2. The molecular weight excluding hydrogens is 458 g/mol. The van der Waals surface area contributed by atoms with Gasteiger partial charge in [0.25, 0.3) is 11.7 Å². The van der Waals surface area contributed by atoms with Gasteiger partial charge < -0.3 is 19.7 Å². The average Bonchev–Trinajstić information content (AvgIpc) is 3.09. The van der Waals surface area contributed by atoms with E-state index in [-0.39, 0.29) is 22.8 Å². The van der Waals surface area contributed by atoms with E-state index >= 15 is 0 Å². The maximum Gasteiger partial charge on any atom is 0.300 e. The Balaban J connectivity index is 1.95. The van der Waals surface area contributed by atoms with Gasteiger partial charge in [-0.2, -0.15) is 0 Å². The lowest BCUT2D eigenvalue weighted by atomic mass is 9.94. The van der Waals surface area contributed by atoms with Gasteiger partial charge in [-0.3, -0.25) is 14.5 Å². The Bertz CT molecular complexity index is 1320. The molecule has 1 amide bonds. The summed E-state index contributed by atoms with van der Waals surface area (Å²) >= 11 is 6.01. The number of ether oxygens (including phenoxy) is 2. The van der Waals surface area contributed by atoms with E-state index in [9.17, 15) is 19.8 Å². The molecule has 1 fully saturated rings. The van der Waals surface area contributed by atoms with Crippen LogP contribution in [0.4, 0.5) is 5.69 Å². The van der Waals surface area contributed by atoms with Gasteiger partial charge in [0.15, 0.2) is 11.5 Å². The molecule has 1 aliphatic rings. The number of carbonyl (C=O) groups excluding carboxylic acids is 2. The summed E-state index contributed by atoms with van der Waals surface area (Å²) in [6, 6.07) is 15.0. The molecule has 2 N–H and O–H groups in total. The maximum absolute atomic E-state index is 13.2. The average molecular weight is 480 g/mol. The number of aryl methyl sites for hydroxylation is 1. The van der Waals surface area contributed by atoms with Crippen LogP contribution in [0.25, 0.3) is 5.76 Å². The molecule has 0 aromatic heterocycles. The Hall–Kier alpha value is -3.97. The van der Waals surface area contributed by atoms with Crippen molar-refractivity contribution in [2.24, 2.45) is 0 Å². The highest BCUT2D eigenvalue weighted by Crippen LogP contribution is 2.44. The Morgan fingerprint density at radius 3 is 2.18 bits per heavy atom. The van der Waals surface area contributed by atoms with Crippen molar-refractivity contribution in [3.63, 3.8) is 0 Å². The fraction of sp³-hybridized carbons (Fsp3) is 0.154. The van der Waals surface area contributed by atoms with Crippen LogP contribution in [0.5, 0.6) is 17.2 Å². The zero-order valence-corrected chi connectivity index (χ0v) is 19.5. The number of amides is 1. The Morgan fingerprint density at radius 1 is 0.941 bits per heavy atom. The Kier molecular flexibility index (Phi) is 6.22. The standard InChI is InChI=1S/C26H22ClNO6/c1-14-12-16(5-10-20(14)33-2)24(30)22-23(15-4-11-21(34-3)19(29)13-15)28(26(32)25(22)31)18-8-6-17(27)7-9-18/h4-13,23,29-30H,1-3H3/b24-22-. The third-order valence-electron chi connectivity index (χ3n) is 5.74. The van der Waals surface area contributed by atoms with E-state index in [0.717, 1.165) is 5.56 Å². The summed E-state index contributed by atoms with van der Waals surface area (Å²) in [5.74, 6) is -1.30. The van der Waals surface area contributed by atoms with E-state index in [4.69, 9.17) is 21.1 Å². The first-order chi connectivity index (χ1) is 16.3. The molecule has 34 heavy (non-hydrogen) atoms. The summed E-state index contributed by atoms with van der Waals surface area (Å²) in [5.41, 5.74) is 1.83. The van der Waals surface area contributed by atoms with Gasteiger partial charge in [0.05, 0.1) is 25.8 Å². The summed E-state index contributed by atoms with van der Waals surface area (Å²) in [7, 11) is 2.95. The number of hydrogen-bond acceptors (Lipinski definition) is 6. The zero-order valence-electron chi connectivity index (χ0n) is 18.7. The summed E-state index contributed by atoms with van der Waals surface area (Å²) < 4.78 is 10.4. The van der Waals surface area contributed by atoms with Crippen LogP contribution in [0.15, 0.2) is 66.2 Å². The largest absolute Gasteiger partial charge is 0.507 e. The summed E-state index contributed by atoms with van der Waals surface area (Å²) in [4.78, 5) is 27.7. The van der Waals surface area contributed by atoms with Crippen LogP contribution >= 0.6 is 11.6 Å². The number of methoxy groups -OCH3 is 2. The Morgan fingerprint density at radius 2 is 1.59 bits per heavy atom. The van der Waals surface area contributed by atoms with Crippen molar-refractivity contribution in [2.75, 3.05) is 19.1 Å². The van der Waals surface area contributed by atoms with Gasteiger partial charge in [-0.15, -0.1) is 0 Å². The van der Waals surface area contributed by atoms with Crippen LogP contribution in [0.1, 0.15) is 22.7 Å². The first-order valence-electron chi connectivity index (χ1n) is 10.3. The van der Waals surface area contributed by atoms with Gasteiger partial charge in [0, 0.05) is 16.3 Å². The van der Waals surface area contributed by atoms with E-state index in [1.807, 2.05) is 0 Å². The van der Waals surface area contributed by atoms with Gasteiger partial charge in [-0.1, -0.05) is 17.7 Å². The quantitative estimate of drug-likeness (QED) is 0.304. The van der Waals surface area contributed by atoms with Gasteiger partial charge in [0.2, 0.25) is 0 Å². The number of aliphatic hydroxyl groups excluding tert-OH is 1. The van der Waals surface area contributed by atoms with Gasteiger partial charge in [-0.25, -0.2) is 0 Å². The number of rotatable bonds is 5. The highest BCUT2D eigenvalue weighted by Gasteiger charge is 2.47. The molecule has 0 aliphatic carbocycles. The molecule has 1 unspecified atom stereocenters. The van der Waals surface area contributed by atoms with Crippen molar-refractivity contribution in [3.8, 4) is 17.2 Å². The van der Waals surface area contributed by atoms with Gasteiger partial charge in [-0.05, 0) is 72.6 Å². The summed E-state index contributed by atoms with van der Waals surface area (Å²) in [6.07, 6.45) is 0. The van der Waals surface area contributed by atoms with Crippen molar-refractivity contribution in [1.82, 2.24) is 0 Å². The molecule has 7 nitrogen and oxygen atoms in total. The molecule has 1 aliphatic heterocycles. The van der Waals surface area contributed by atoms with Gasteiger partial charge >= 0.3 is 0 Å². The molecule has 8 heteroatoms. The Labute approximate surface area is 201 Å². The fourth-order valence-corrected chi connectivity index (χ4v) is 4.20. The predicted octanol–water partition coefficient (Wildman–Crippen LogP) is 5.00. The molecule has 1 heterocycles. The first-order valence-corrected chi connectivity index (χ1v) is 10.7. The highest BCUT2D eigenvalue weighted by molar-refractivity contribution is 6.51. The topological polar surface area (TPSA) is 96.3 Å². The highest BCUT2D eigenvalue weighted by atomic mass is 35.5. The fourth-order valence-electron chi connectivity index (χ4n) is 4.07. The number of aliphatic hydroxyl groups is 1. The molecular formula is C26H22ClNO6. The maximum atomic E-state index is 13.2. The van der Waals surface area contributed by atoms with E-state index in [1.54, 1.807) is 55.5 Å². The molecule has 1 saturated heterocycles. The number of aromatic hydroxyl groups is 1. The van der Waals surface area contributed by atoms with E-state index in [2.05, 4.69) is 0 Å². The van der Waals surface area contributed by atoms with Crippen molar-refractivity contribution >= 4 is 34.7 Å². The minimum Gasteiger partial charge on any atom is -0.507 e. The van der Waals surface area contributed by atoms with Gasteiger partial charge in [0.1, 0.15) is 11.5 Å². The van der Waals surface area contributed by atoms with Crippen LogP contribution in [-0.2, 0) is 9.59 Å². The minimum absolute atomic E-state index is 0.103. The number of carbonyl (C=O) groups is 2. The monoisotopic (exact) mass is 479 g/mol. The normalized spacial score (nSPS) is 17.2. The predicted molar refractivity (Wildman–Crippen MR) is 129 cm³/mol. The van der Waals surface area contributed by atoms with Crippen LogP contribution in [0.3, 0.4) is 0 Å². The second kappa shape index (κ2) is 9.11. The number of Topliss-reactive ketones (excluding diaryl/α,β-unsaturated/α-hetero) is 1.